The molecule has 0 aliphatic carbocycles. The largest absolute Gasteiger partial charge is 0.492 e. The molecule has 0 atom stereocenters. The molecule has 0 bridgehead atoms. The minimum absolute atomic E-state index is 0.0850. The first-order valence-corrected chi connectivity index (χ1v) is 8.81. The van der Waals surface area contributed by atoms with Crippen LogP contribution in [0.2, 0.25) is 5.02 Å². The van der Waals surface area contributed by atoms with Gasteiger partial charge in [0.25, 0.3) is 15.9 Å². The molecule has 1 N–H and O–H groups in total. The zero-order chi connectivity index (χ0) is 17.7. The summed E-state index contributed by atoms with van der Waals surface area (Å²) in [6.45, 7) is 0.456. The second kappa shape index (κ2) is 7.69. The second-order valence-corrected chi connectivity index (χ2v) is 7.49. The molecule has 7 nitrogen and oxygen atoms in total. The van der Waals surface area contributed by atoms with Gasteiger partial charge in [-0.05, 0) is 30.3 Å². The normalized spacial score (nSPS) is 11.5. The second-order valence-electron chi connectivity index (χ2n) is 4.97. The minimum Gasteiger partial charge on any atom is -0.492 e. The lowest BCUT2D eigenvalue weighted by Gasteiger charge is -2.08. The highest BCUT2D eigenvalue weighted by Gasteiger charge is 2.23. The molecule has 0 fully saturated rings. The Morgan fingerprint density at radius 2 is 2.04 bits per heavy atom. The van der Waals surface area contributed by atoms with Gasteiger partial charge in [-0.2, -0.15) is 0 Å². The maximum atomic E-state index is 11.9. The molecule has 2 aromatic rings. The summed E-state index contributed by atoms with van der Waals surface area (Å²) in [4.78, 5) is 11.9. The van der Waals surface area contributed by atoms with Crippen LogP contribution in [0.1, 0.15) is 10.6 Å². The number of sulfonamides is 1. The van der Waals surface area contributed by atoms with E-state index >= 15 is 0 Å². The van der Waals surface area contributed by atoms with Crippen molar-refractivity contribution in [2.45, 2.75) is 5.09 Å². The Hall–Kier alpha value is -2.03. The van der Waals surface area contributed by atoms with Gasteiger partial charge in [-0.15, -0.1) is 0 Å². The number of furan rings is 1. The molecule has 0 unspecified atom stereocenters. The van der Waals surface area contributed by atoms with Crippen molar-refractivity contribution in [2.75, 3.05) is 27.2 Å². The van der Waals surface area contributed by atoms with Gasteiger partial charge >= 0.3 is 0 Å². The number of rotatable bonds is 7. The third-order valence-electron chi connectivity index (χ3n) is 2.99. The van der Waals surface area contributed by atoms with Crippen LogP contribution in [0.25, 0.3) is 0 Å². The van der Waals surface area contributed by atoms with Crippen molar-refractivity contribution in [2.24, 2.45) is 0 Å². The van der Waals surface area contributed by atoms with Gasteiger partial charge in [-0.1, -0.05) is 17.7 Å². The average Bonchev–Trinajstić information content (AvgIpc) is 3.02. The molecule has 1 amide bonds. The zero-order valence-corrected chi connectivity index (χ0v) is 14.7. The van der Waals surface area contributed by atoms with Crippen LogP contribution in [-0.4, -0.2) is 45.9 Å². The first-order chi connectivity index (χ1) is 11.3. The first kappa shape index (κ1) is 18.3. The molecule has 1 aromatic heterocycles. The summed E-state index contributed by atoms with van der Waals surface area (Å²) < 4.78 is 35.3. The number of carbonyl (C=O) groups is 1. The molecule has 130 valence electrons. The minimum atomic E-state index is -3.71. The molecule has 2 rings (SSSR count). The van der Waals surface area contributed by atoms with Crippen LogP contribution < -0.4 is 10.1 Å². The topological polar surface area (TPSA) is 88.9 Å². The molecule has 1 aromatic carbocycles. The fourth-order valence-electron chi connectivity index (χ4n) is 1.74. The number of hydrogen-bond acceptors (Lipinski definition) is 5. The maximum absolute atomic E-state index is 11.9. The van der Waals surface area contributed by atoms with Gasteiger partial charge in [-0.25, -0.2) is 12.7 Å². The van der Waals surface area contributed by atoms with E-state index in [0.717, 1.165) is 4.31 Å². The van der Waals surface area contributed by atoms with Crippen molar-refractivity contribution in [1.29, 1.82) is 0 Å². The Morgan fingerprint density at radius 3 is 2.71 bits per heavy atom. The Balaban J connectivity index is 1.86. The van der Waals surface area contributed by atoms with Gasteiger partial charge in [0.1, 0.15) is 12.4 Å². The van der Waals surface area contributed by atoms with Crippen LogP contribution in [0.5, 0.6) is 5.75 Å². The van der Waals surface area contributed by atoms with E-state index in [9.17, 15) is 13.2 Å². The molecule has 0 saturated carbocycles. The number of carbonyl (C=O) groups excluding carboxylic acids is 1. The molecule has 1 heterocycles. The summed E-state index contributed by atoms with van der Waals surface area (Å²) in [5.74, 6) is -0.0165. The predicted octanol–water partition coefficient (Wildman–Crippen LogP) is 1.99. The van der Waals surface area contributed by atoms with Crippen LogP contribution in [0.3, 0.4) is 0 Å². The Bertz CT molecular complexity index is 817. The van der Waals surface area contributed by atoms with E-state index in [0.29, 0.717) is 10.8 Å². The Labute approximate surface area is 145 Å². The van der Waals surface area contributed by atoms with E-state index < -0.39 is 15.9 Å². The lowest BCUT2D eigenvalue weighted by molar-refractivity contribution is 0.0913. The van der Waals surface area contributed by atoms with Gasteiger partial charge in [0.2, 0.25) is 5.09 Å². The monoisotopic (exact) mass is 372 g/mol. The van der Waals surface area contributed by atoms with Crippen molar-refractivity contribution >= 4 is 27.5 Å². The van der Waals surface area contributed by atoms with E-state index in [1.807, 2.05) is 0 Å². The summed E-state index contributed by atoms with van der Waals surface area (Å²) in [6, 6.07) is 9.45. The van der Waals surface area contributed by atoms with Gasteiger partial charge in [0.05, 0.1) is 6.54 Å². The highest BCUT2D eigenvalue weighted by Crippen LogP contribution is 2.17. The molecule has 0 spiro atoms. The summed E-state index contributed by atoms with van der Waals surface area (Å²) >= 11 is 5.83. The van der Waals surface area contributed by atoms with Crippen molar-refractivity contribution in [3.8, 4) is 5.75 Å². The van der Waals surface area contributed by atoms with Gasteiger partial charge in [0, 0.05) is 19.1 Å². The number of benzene rings is 1. The number of nitrogens with one attached hydrogen (secondary N) is 1. The van der Waals surface area contributed by atoms with Crippen LogP contribution in [0.4, 0.5) is 0 Å². The van der Waals surface area contributed by atoms with E-state index in [4.69, 9.17) is 20.8 Å². The van der Waals surface area contributed by atoms with Crippen molar-refractivity contribution in [1.82, 2.24) is 9.62 Å². The quantitative estimate of drug-likeness (QED) is 0.751. The van der Waals surface area contributed by atoms with E-state index in [1.54, 1.807) is 24.3 Å². The summed E-state index contributed by atoms with van der Waals surface area (Å²) in [5.41, 5.74) is 0. The van der Waals surface area contributed by atoms with E-state index in [1.165, 1.54) is 26.2 Å². The van der Waals surface area contributed by atoms with Crippen LogP contribution in [0.15, 0.2) is 45.9 Å². The molecule has 0 saturated heterocycles. The smallest absolute Gasteiger partial charge is 0.287 e. The lowest BCUT2D eigenvalue weighted by atomic mass is 10.3. The zero-order valence-electron chi connectivity index (χ0n) is 13.2. The number of hydrogen-bond donors (Lipinski definition) is 1. The van der Waals surface area contributed by atoms with Gasteiger partial charge in [-0.3, -0.25) is 4.79 Å². The number of amides is 1. The summed E-state index contributed by atoms with van der Waals surface area (Å²) in [7, 11) is -0.946. The molecular weight excluding hydrogens is 356 g/mol. The average molecular weight is 373 g/mol. The molecule has 0 aliphatic heterocycles. The molecule has 9 heteroatoms. The fraction of sp³-hybridized carbons (Fsp3) is 0.267. The first-order valence-electron chi connectivity index (χ1n) is 6.99. The fourth-order valence-corrected chi connectivity index (χ4v) is 2.71. The van der Waals surface area contributed by atoms with Crippen molar-refractivity contribution < 1.29 is 22.4 Å². The van der Waals surface area contributed by atoms with Crippen molar-refractivity contribution in [3.63, 3.8) is 0 Å². The Kier molecular flexibility index (Phi) is 5.87. The number of nitrogens with zero attached hydrogens (tertiary/aromatic N) is 1. The molecule has 0 aliphatic rings. The third-order valence-corrected chi connectivity index (χ3v) is 4.92. The van der Waals surface area contributed by atoms with Crippen LogP contribution in [-0.2, 0) is 10.0 Å². The predicted molar refractivity (Wildman–Crippen MR) is 88.9 cm³/mol. The molecule has 24 heavy (non-hydrogen) atoms. The third kappa shape index (κ3) is 4.50. The van der Waals surface area contributed by atoms with E-state index in [-0.39, 0.29) is 24.0 Å². The van der Waals surface area contributed by atoms with Crippen molar-refractivity contribution in [3.05, 3.63) is 47.2 Å². The molecular formula is C15H17ClN2O5S. The maximum Gasteiger partial charge on any atom is 0.287 e. The SMILES string of the molecule is CN(C)S(=O)(=O)c1ccc(C(=O)NCCOc2cccc(Cl)c2)o1. The van der Waals surface area contributed by atoms with Gasteiger partial charge in [0.15, 0.2) is 5.76 Å². The van der Waals surface area contributed by atoms with Crippen LogP contribution in [0, 0.1) is 0 Å². The standard InChI is InChI=1S/C15H17ClN2O5S/c1-18(2)24(20,21)14-7-6-13(23-14)15(19)17-8-9-22-12-5-3-4-11(16)10-12/h3-7,10H,8-9H2,1-2H3,(H,17,19). The van der Waals surface area contributed by atoms with Crippen LogP contribution >= 0.6 is 11.6 Å². The van der Waals surface area contributed by atoms with Gasteiger partial charge < -0.3 is 14.5 Å². The highest BCUT2D eigenvalue weighted by atomic mass is 35.5. The summed E-state index contributed by atoms with van der Waals surface area (Å²) in [6.07, 6.45) is 0. The molecule has 0 radical (unpaired) electrons. The highest BCUT2D eigenvalue weighted by molar-refractivity contribution is 7.88. The summed E-state index contributed by atoms with van der Waals surface area (Å²) in [5, 5.41) is 2.85. The number of ether oxygens (including phenoxy) is 1. The number of halogens is 1. The lowest BCUT2D eigenvalue weighted by Crippen LogP contribution is -2.27. The Morgan fingerprint density at radius 1 is 1.29 bits per heavy atom. The van der Waals surface area contributed by atoms with E-state index in [2.05, 4.69) is 5.32 Å².